The van der Waals surface area contributed by atoms with E-state index in [-0.39, 0.29) is 11.1 Å². The first kappa shape index (κ1) is 14.1. The number of nitrogens with zero attached hydrogens (tertiary/aromatic N) is 2. The van der Waals surface area contributed by atoms with Crippen LogP contribution in [-0.4, -0.2) is 29.1 Å². The summed E-state index contributed by atoms with van der Waals surface area (Å²) >= 11 is 0. The predicted octanol–water partition coefficient (Wildman–Crippen LogP) is 2.46. The molecule has 0 amide bonds. The first-order valence-electron chi connectivity index (χ1n) is 7.59. The molecular formula is C17H23N3O. The van der Waals surface area contributed by atoms with Crippen LogP contribution in [0.2, 0.25) is 0 Å². The topological polar surface area (TPSA) is 51.3 Å². The van der Waals surface area contributed by atoms with E-state index in [1.165, 1.54) is 12.8 Å². The smallest absolute Gasteiger partial charge is 0.260 e. The van der Waals surface area contributed by atoms with E-state index in [1.54, 1.807) is 4.57 Å². The molecule has 0 unspecified atom stereocenters. The number of aromatic nitrogens is 1. The van der Waals surface area contributed by atoms with Gasteiger partial charge in [-0.15, -0.1) is 0 Å². The van der Waals surface area contributed by atoms with Crippen LogP contribution in [0.25, 0.3) is 10.8 Å². The van der Waals surface area contributed by atoms with E-state index in [4.69, 9.17) is 5.73 Å². The van der Waals surface area contributed by atoms with Crippen LogP contribution in [0.1, 0.15) is 25.7 Å². The van der Waals surface area contributed by atoms with Gasteiger partial charge in [0, 0.05) is 17.5 Å². The number of rotatable bonds is 3. The van der Waals surface area contributed by atoms with Gasteiger partial charge in [-0.2, -0.15) is 0 Å². The van der Waals surface area contributed by atoms with Gasteiger partial charge in [0.05, 0.1) is 0 Å². The van der Waals surface area contributed by atoms with E-state index in [0.29, 0.717) is 12.4 Å². The lowest BCUT2D eigenvalue weighted by molar-refractivity contribution is 0.133. The second-order valence-corrected chi connectivity index (χ2v) is 6.37. The van der Waals surface area contributed by atoms with Crippen LogP contribution in [0.3, 0.4) is 0 Å². The molecule has 112 valence electrons. The molecule has 21 heavy (non-hydrogen) atoms. The standard InChI is InChI=1S/C17H23N3O/c1-19(2)17(9-5-6-10-17)12-20-15(18)11-13-7-3-4-8-14(13)16(20)21/h3-4,7-8,11H,5-6,9-10,12,18H2,1-2H3. The van der Waals surface area contributed by atoms with Crippen molar-refractivity contribution in [1.82, 2.24) is 9.47 Å². The van der Waals surface area contributed by atoms with Crippen LogP contribution >= 0.6 is 0 Å². The number of hydrogen-bond acceptors (Lipinski definition) is 3. The molecule has 2 aromatic rings. The number of nitrogens with two attached hydrogens (primary N) is 1. The molecule has 1 saturated carbocycles. The van der Waals surface area contributed by atoms with Gasteiger partial charge in [-0.25, -0.2) is 0 Å². The minimum atomic E-state index is 0.0266. The molecule has 1 aliphatic rings. The van der Waals surface area contributed by atoms with Crippen molar-refractivity contribution < 1.29 is 0 Å². The van der Waals surface area contributed by atoms with Crippen LogP contribution in [0.15, 0.2) is 35.1 Å². The number of anilines is 1. The Hall–Kier alpha value is -1.81. The Kier molecular flexibility index (Phi) is 3.49. The van der Waals surface area contributed by atoms with E-state index in [2.05, 4.69) is 19.0 Å². The Morgan fingerprint density at radius 3 is 2.57 bits per heavy atom. The maximum Gasteiger partial charge on any atom is 0.260 e. The van der Waals surface area contributed by atoms with Crippen molar-refractivity contribution >= 4 is 16.6 Å². The minimum absolute atomic E-state index is 0.0266. The third-order valence-electron chi connectivity index (χ3n) is 4.99. The summed E-state index contributed by atoms with van der Waals surface area (Å²) < 4.78 is 1.76. The Labute approximate surface area is 125 Å². The average Bonchev–Trinajstić information content (AvgIpc) is 2.93. The Morgan fingerprint density at radius 1 is 1.24 bits per heavy atom. The van der Waals surface area contributed by atoms with Crippen molar-refractivity contribution in [2.75, 3.05) is 19.8 Å². The fourth-order valence-electron chi connectivity index (χ4n) is 3.55. The second kappa shape index (κ2) is 5.19. The summed E-state index contributed by atoms with van der Waals surface area (Å²) in [5, 5.41) is 1.67. The maximum absolute atomic E-state index is 12.8. The molecule has 1 fully saturated rings. The number of fused-ring (bicyclic) bond motifs is 1. The monoisotopic (exact) mass is 285 g/mol. The number of likely N-dealkylation sites (N-methyl/N-ethyl adjacent to an activating group) is 1. The van der Waals surface area contributed by atoms with E-state index >= 15 is 0 Å². The minimum Gasteiger partial charge on any atom is -0.385 e. The van der Waals surface area contributed by atoms with Gasteiger partial charge in [0.1, 0.15) is 5.82 Å². The first-order chi connectivity index (χ1) is 10.0. The summed E-state index contributed by atoms with van der Waals surface area (Å²) in [6.07, 6.45) is 4.69. The normalized spacial score (nSPS) is 17.7. The molecule has 0 radical (unpaired) electrons. The maximum atomic E-state index is 12.8. The lowest BCUT2D eigenvalue weighted by Gasteiger charge is -2.37. The van der Waals surface area contributed by atoms with Crippen LogP contribution in [0.5, 0.6) is 0 Å². The molecule has 4 nitrogen and oxygen atoms in total. The molecule has 1 aromatic heterocycles. The fourth-order valence-corrected chi connectivity index (χ4v) is 3.55. The number of pyridine rings is 1. The van der Waals surface area contributed by atoms with Crippen molar-refractivity contribution in [1.29, 1.82) is 0 Å². The van der Waals surface area contributed by atoms with Crippen LogP contribution in [0.4, 0.5) is 5.82 Å². The van der Waals surface area contributed by atoms with E-state index in [0.717, 1.165) is 23.6 Å². The second-order valence-electron chi connectivity index (χ2n) is 6.37. The molecule has 0 aliphatic heterocycles. The van der Waals surface area contributed by atoms with Gasteiger partial charge in [-0.05, 0) is 44.5 Å². The summed E-state index contributed by atoms with van der Waals surface area (Å²) in [5.41, 5.74) is 6.25. The molecule has 0 atom stereocenters. The first-order valence-corrected chi connectivity index (χ1v) is 7.59. The summed E-state index contributed by atoms with van der Waals surface area (Å²) in [4.78, 5) is 15.0. The molecule has 1 aromatic carbocycles. The number of benzene rings is 1. The van der Waals surface area contributed by atoms with Gasteiger partial charge in [0.2, 0.25) is 0 Å². The summed E-state index contributed by atoms with van der Waals surface area (Å²) in [6, 6.07) is 9.57. The molecule has 1 aliphatic carbocycles. The molecule has 3 rings (SSSR count). The molecule has 0 bridgehead atoms. The molecule has 2 N–H and O–H groups in total. The van der Waals surface area contributed by atoms with Gasteiger partial charge in [-0.3, -0.25) is 9.36 Å². The molecular weight excluding hydrogens is 262 g/mol. The van der Waals surface area contributed by atoms with Crippen molar-refractivity contribution in [2.24, 2.45) is 0 Å². The Bertz CT molecular complexity index is 712. The van der Waals surface area contributed by atoms with Crippen molar-refractivity contribution in [3.05, 3.63) is 40.7 Å². The number of nitrogen functional groups attached to an aromatic ring is 1. The highest BCUT2D eigenvalue weighted by molar-refractivity contribution is 5.83. The third-order valence-corrected chi connectivity index (χ3v) is 4.99. The van der Waals surface area contributed by atoms with Crippen molar-refractivity contribution in [3.8, 4) is 0 Å². The summed E-state index contributed by atoms with van der Waals surface area (Å²) in [7, 11) is 4.21. The molecule has 0 spiro atoms. The van der Waals surface area contributed by atoms with Gasteiger partial charge in [-0.1, -0.05) is 31.0 Å². The lowest BCUT2D eigenvalue weighted by Crippen LogP contribution is -2.47. The zero-order chi connectivity index (χ0) is 15.0. The summed E-state index contributed by atoms with van der Waals surface area (Å²) in [5.74, 6) is 0.562. The van der Waals surface area contributed by atoms with Gasteiger partial charge < -0.3 is 10.6 Å². The van der Waals surface area contributed by atoms with Crippen molar-refractivity contribution in [3.63, 3.8) is 0 Å². The average molecular weight is 285 g/mol. The van der Waals surface area contributed by atoms with Gasteiger partial charge in [0.25, 0.3) is 5.56 Å². The highest BCUT2D eigenvalue weighted by Gasteiger charge is 2.37. The zero-order valence-corrected chi connectivity index (χ0v) is 12.8. The SMILES string of the molecule is CN(C)C1(Cn2c(N)cc3ccccc3c2=O)CCCC1. The van der Waals surface area contributed by atoms with Gasteiger partial charge >= 0.3 is 0 Å². The van der Waals surface area contributed by atoms with Gasteiger partial charge in [0.15, 0.2) is 0 Å². The van der Waals surface area contributed by atoms with E-state index in [1.807, 2.05) is 30.3 Å². The zero-order valence-electron chi connectivity index (χ0n) is 12.8. The number of hydrogen-bond donors (Lipinski definition) is 1. The Morgan fingerprint density at radius 2 is 1.90 bits per heavy atom. The lowest BCUT2D eigenvalue weighted by atomic mass is 9.95. The van der Waals surface area contributed by atoms with E-state index < -0.39 is 0 Å². The highest BCUT2D eigenvalue weighted by Crippen LogP contribution is 2.35. The van der Waals surface area contributed by atoms with Crippen molar-refractivity contribution in [2.45, 2.75) is 37.8 Å². The largest absolute Gasteiger partial charge is 0.385 e. The van der Waals surface area contributed by atoms with Crippen LogP contribution in [-0.2, 0) is 6.54 Å². The fraction of sp³-hybridized carbons (Fsp3) is 0.471. The van der Waals surface area contributed by atoms with Crippen LogP contribution in [0, 0.1) is 0 Å². The summed E-state index contributed by atoms with van der Waals surface area (Å²) in [6.45, 7) is 0.676. The molecule has 4 heteroatoms. The van der Waals surface area contributed by atoms with E-state index in [9.17, 15) is 4.79 Å². The molecule has 1 heterocycles. The van der Waals surface area contributed by atoms with Crippen LogP contribution < -0.4 is 11.3 Å². The molecule has 0 saturated heterocycles. The third kappa shape index (κ3) is 2.33. The Balaban J connectivity index is 2.10. The predicted molar refractivity (Wildman–Crippen MR) is 87.5 cm³/mol. The quantitative estimate of drug-likeness (QED) is 0.942. The highest BCUT2D eigenvalue weighted by atomic mass is 16.1.